The molecule has 3 aliphatic rings. The molecular formula is C32H32F3N3O5. The highest BCUT2D eigenvalue weighted by molar-refractivity contribution is 5.77. The van der Waals surface area contributed by atoms with Gasteiger partial charge in [-0.3, -0.25) is 9.69 Å². The van der Waals surface area contributed by atoms with E-state index in [1.807, 2.05) is 24.3 Å². The number of carbonyl (C=O) groups excluding carboxylic acids is 1. The van der Waals surface area contributed by atoms with Crippen LogP contribution in [0, 0.1) is 0 Å². The fourth-order valence-electron chi connectivity index (χ4n) is 6.31. The van der Waals surface area contributed by atoms with Crippen LogP contribution in [0.2, 0.25) is 0 Å². The number of pyridine rings is 1. The third-order valence-electron chi connectivity index (χ3n) is 8.77. The smallest absolute Gasteiger partial charge is 0.416 e. The van der Waals surface area contributed by atoms with E-state index in [1.54, 1.807) is 14.0 Å². The highest BCUT2D eigenvalue weighted by atomic mass is 19.4. The number of alkyl halides is 3. The number of methoxy groups -OCH3 is 1. The van der Waals surface area contributed by atoms with Gasteiger partial charge in [0.2, 0.25) is 0 Å². The third-order valence-corrected chi connectivity index (χ3v) is 8.77. The summed E-state index contributed by atoms with van der Waals surface area (Å²) >= 11 is 0. The van der Waals surface area contributed by atoms with Crippen LogP contribution in [-0.2, 0) is 28.7 Å². The summed E-state index contributed by atoms with van der Waals surface area (Å²) < 4.78 is 51.6. The molecule has 0 spiro atoms. The summed E-state index contributed by atoms with van der Waals surface area (Å²) in [5.41, 5.74) is 3.55. The van der Waals surface area contributed by atoms with Gasteiger partial charge in [0.15, 0.2) is 0 Å². The van der Waals surface area contributed by atoms with Gasteiger partial charge in [-0.1, -0.05) is 12.1 Å². The van der Waals surface area contributed by atoms with Crippen LogP contribution in [0.15, 0.2) is 48.5 Å². The predicted molar refractivity (Wildman–Crippen MR) is 152 cm³/mol. The molecule has 43 heavy (non-hydrogen) atoms. The number of cyclic esters (lactones) is 1. The minimum Gasteiger partial charge on any atom is -0.496 e. The van der Waals surface area contributed by atoms with Gasteiger partial charge >= 0.3 is 18.2 Å². The van der Waals surface area contributed by atoms with Crippen molar-refractivity contribution in [3.05, 3.63) is 76.5 Å². The summed E-state index contributed by atoms with van der Waals surface area (Å²) in [5.74, 6) is 0.418. The minimum atomic E-state index is -4.52. The Kier molecular flexibility index (Phi) is 7.43. The number of aliphatic carboxylic acids is 1. The van der Waals surface area contributed by atoms with E-state index in [2.05, 4.69) is 4.90 Å². The van der Waals surface area contributed by atoms with Crippen molar-refractivity contribution in [1.82, 2.24) is 9.88 Å². The number of hydrogen-bond acceptors (Lipinski definition) is 6. The average Bonchev–Trinajstić information content (AvgIpc) is 3.45. The zero-order chi connectivity index (χ0) is 30.5. The number of carboxylic acids is 1. The van der Waals surface area contributed by atoms with Crippen LogP contribution in [0.1, 0.15) is 66.2 Å². The Morgan fingerprint density at radius 1 is 1.14 bits per heavy atom. The van der Waals surface area contributed by atoms with Crippen LogP contribution in [0.3, 0.4) is 0 Å². The number of fused-ring (bicyclic) bond motifs is 1. The Hall–Kier alpha value is -4.28. The van der Waals surface area contributed by atoms with Crippen LogP contribution < -0.4 is 9.64 Å². The van der Waals surface area contributed by atoms with Gasteiger partial charge in [0.25, 0.3) is 0 Å². The molecule has 2 fully saturated rings. The number of carbonyl (C=O) groups is 2. The van der Waals surface area contributed by atoms with Crippen molar-refractivity contribution in [3.63, 3.8) is 0 Å². The molecule has 226 valence electrons. The molecule has 2 saturated heterocycles. The van der Waals surface area contributed by atoms with E-state index >= 15 is 0 Å². The molecule has 0 saturated carbocycles. The number of anilines is 1. The summed E-state index contributed by atoms with van der Waals surface area (Å²) in [6, 6.07) is 12.1. The Labute approximate surface area is 247 Å². The van der Waals surface area contributed by atoms with Crippen molar-refractivity contribution in [2.75, 3.05) is 25.1 Å². The highest BCUT2D eigenvalue weighted by Gasteiger charge is 2.41. The van der Waals surface area contributed by atoms with Crippen molar-refractivity contribution in [3.8, 4) is 16.9 Å². The summed E-state index contributed by atoms with van der Waals surface area (Å²) in [7, 11) is 1.58. The van der Waals surface area contributed by atoms with Gasteiger partial charge in [-0.05, 0) is 85.2 Å². The Morgan fingerprint density at radius 3 is 2.60 bits per heavy atom. The van der Waals surface area contributed by atoms with Gasteiger partial charge < -0.3 is 19.5 Å². The fraction of sp³-hybridized carbons (Fsp3) is 0.406. The zero-order valence-corrected chi connectivity index (χ0v) is 23.9. The lowest BCUT2D eigenvalue weighted by Gasteiger charge is -2.33. The second-order valence-electron chi connectivity index (χ2n) is 11.4. The quantitative estimate of drug-likeness (QED) is 0.315. The van der Waals surface area contributed by atoms with Crippen molar-refractivity contribution < 1.29 is 37.3 Å². The Morgan fingerprint density at radius 2 is 1.93 bits per heavy atom. The first-order chi connectivity index (χ1) is 20.5. The van der Waals surface area contributed by atoms with E-state index in [0.29, 0.717) is 11.4 Å². The van der Waals surface area contributed by atoms with Gasteiger partial charge in [0.1, 0.15) is 17.7 Å². The van der Waals surface area contributed by atoms with Crippen molar-refractivity contribution in [2.24, 2.45) is 0 Å². The van der Waals surface area contributed by atoms with E-state index in [0.717, 1.165) is 72.6 Å². The molecule has 8 nitrogen and oxygen atoms in total. The van der Waals surface area contributed by atoms with E-state index in [1.165, 1.54) is 17.0 Å². The van der Waals surface area contributed by atoms with Crippen LogP contribution >= 0.6 is 0 Å². The van der Waals surface area contributed by atoms with Crippen LogP contribution in [0.25, 0.3) is 11.1 Å². The summed E-state index contributed by atoms with van der Waals surface area (Å²) in [6.07, 6.45) is -3.46. The number of aryl methyl sites for hydroxylation is 1. The lowest BCUT2D eigenvalue weighted by Crippen LogP contribution is -2.38. The minimum absolute atomic E-state index is 0.0336. The Balaban J connectivity index is 1.37. The van der Waals surface area contributed by atoms with E-state index in [-0.39, 0.29) is 24.4 Å². The molecule has 1 aromatic heterocycles. The molecule has 0 unspecified atom stereocenters. The SMILES string of the molecule is COc1cc2c(cc1-c1ccc(N3CCC3)nc1CN1C(=O)O[C@H](c3cccc(C(F)(F)F)c3)[C@@H]1C)[C@H](CC(=O)O)CC2. The number of carboxylic acid groups (broad SMARTS) is 1. The molecule has 1 aliphatic carbocycles. The molecule has 0 bridgehead atoms. The molecule has 2 aromatic carbocycles. The zero-order valence-electron chi connectivity index (χ0n) is 23.9. The van der Waals surface area contributed by atoms with Gasteiger partial charge in [-0.25, -0.2) is 9.78 Å². The molecule has 1 N–H and O–H groups in total. The van der Waals surface area contributed by atoms with Crippen LogP contribution in [0.4, 0.5) is 23.8 Å². The second-order valence-corrected chi connectivity index (χ2v) is 11.4. The number of amides is 1. The average molecular weight is 596 g/mol. The summed E-state index contributed by atoms with van der Waals surface area (Å²) in [6.45, 7) is 3.54. The number of benzene rings is 2. The first kappa shape index (κ1) is 28.8. The molecule has 3 atom stereocenters. The number of halogens is 3. The monoisotopic (exact) mass is 595 g/mol. The van der Waals surface area contributed by atoms with Gasteiger partial charge in [-0.2, -0.15) is 13.2 Å². The second kappa shape index (κ2) is 11.1. The maximum Gasteiger partial charge on any atom is 0.416 e. The summed E-state index contributed by atoms with van der Waals surface area (Å²) in [4.78, 5) is 33.3. The first-order valence-corrected chi connectivity index (χ1v) is 14.4. The number of nitrogens with zero attached hydrogens (tertiary/aromatic N) is 3. The Bertz CT molecular complexity index is 1570. The van der Waals surface area contributed by atoms with E-state index in [9.17, 15) is 27.9 Å². The maximum atomic E-state index is 13.4. The molecule has 3 heterocycles. The van der Waals surface area contributed by atoms with Gasteiger partial charge in [-0.15, -0.1) is 0 Å². The highest BCUT2D eigenvalue weighted by Crippen LogP contribution is 2.44. The maximum absolute atomic E-state index is 13.4. The molecular weight excluding hydrogens is 563 g/mol. The van der Waals surface area contributed by atoms with Crippen LogP contribution in [0.5, 0.6) is 5.75 Å². The lowest BCUT2D eigenvalue weighted by atomic mass is 9.92. The third kappa shape index (κ3) is 5.48. The van der Waals surface area contributed by atoms with Crippen molar-refractivity contribution >= 4 is 17.9 Å². The van der Waals surface area contributed by atoms with Crippen molar-refractivity contribution in [2.45, 2.75) is 63.4 Å². The number of rotatable bonds is 8. The fourth-order valence-corrected chi connectivity index (χ4v) is 6.31. The number of ether oxygens (including phenoxy) is 2. The van der Waals surface area contributed by atoms with E-state index < -0.39 is 35.9 Å². The summed E-state index contributed by atoms with van der Waals surface area (Å²) in [5, 5.41) is 9.47. The molecule has 1 amide bonds. The van der Waals surface area contributed by atoms with Gasteiger partial charge in [0.05, 0.1) is 37.4 Å². The normalized spacial score (nSPS) is 21.4. The lowest BCUT2D eigenvalue weighted by molar-refractivity contribution is -0.138. The largest absolute Gasteiger partial charge is 0.496 e. The predicted octanol–water partition coefficient (Wildman–Crippen LogP) is 6.57. The van der Waals surface area contributed by atoms with Crippen molar-refractivity contribution in [1.29, 1.82) is 0 Å². The molecule has 3 aromatic rings. The number of aromatic nitrogens is 1. The van der Waals surface area contributed by atoms with Gasteiger partial charge in [0, 0.05) is 24.2 Å². The van der Waals surface area contributed by atoms with E-state index in [4.69, 9.17) is 14.5 Å². The topological polar surface area (TPSA) is 92.2 Å². The molecule has 11 heteroatoms. The molecule has 2 aliphatic heterocycles. The standard InChI is InChI=1S/C32H32F3N3O5/c1-18-30(21-5-3-6-22(13-21)32(33,34)35)43-31(41)38(18)17-26-23(9-10-28(36-26)37-11-4-12-37)25-16-24-19(14-27(25)42-2)7-8-20(24)15-29(39)40/h3,5-6,9-10,13-14,16,18,20,30H,4,7-8,11-12,15,17H2,1-2H3,(H,39,40)/t18-,20-,30-/m0/s1. The first-order valence-electron chi connectivity index (χ1n) is 14.4. The molecule has 6 rings (SSSR count). The van der Waals surface area contributed by atoms with Crippen LogP contribution in [-0.4, -0.2) is 53.3 Å². The molecule has 0 radical (unpaired) electrons. The number of hydrogen-bond donors (Lipinski definition) is 1.